The van der Waals surface area contributed by atoms with Crippen molar-refractivity contribution in [1.29, 1.82) is 0 Å². The molecule has 0 atom stereocenters. The first-order valence-electron chi connectivity index (χ1n) is 8.71. The van der Waals surface area contributed by atoms with Gasteiger partial charge in [0.15, 0.2) is 0 Å². The number of carbonyl (C=O) groups is 2. The van der Waals surface area contributed by atoms with Crippen LogP contribution in [0.3, 0.4) is 0 Å². The van der Waals surface area contributed by atoms with Gasteiger partial charge in [-0.25, -0.2) is 9.18 Å². The van der Waals surface area contributed by atoms with Gasteiger partial charge in [-0.2, -0.15) is 0 Å². The van der Waals surface area contributed by atoms with Gasteiger partial charge < -0.3 is 16.0 Å². The summed E-state index contributed by atoms with van der Waals surface area (Å²) in [6.45, 7) is 0.696. The van der Waals surface area contributed by atoms with Crippen molar-refractivity contribution >= 4 is 11.9 Å². The highest BCUT2D eigenvalue weighted by atomic mass is 19.1. The molecule has 0 bridgehead atoms. The van der Waals surface area contributed by atoms with Crippen LogP contribution in [0.1, 0.15) is 34.3 Å². The molecule has 136 valence electrons. The summed E-state index contributed by atoms with van der Waals surface area (Å²) in [6.07, 6.45) is 2.48. The number of rotatable bonds is 7. The van der Waals surface area contributed by atoms with E-state index in [0.717, 1.165) is 18.4 Å². The van der Waals surface area contributed by atoms with E-state index in [1.807, 2.05) is 6.07 Å². The lowest BCUT2D eigenvalue weighted by Crippen LogP contribution is -2.41. The van der Waals surface area contributed by atoms with Crippen LogP contribution in [0.25, 0.3) is 0 Å². The molecule has 2 aromatic rings. The fourth-order valence-electron chi connectivity index (χ4n) is 2.86. The van der Waals surface area contributed by atoms with Crippen molar-refractivity contribution in [1.82, 2.24) is 10.2 Å². The minimum atomic E-state index is -0.472. The molecular formula is C20H22FN3O2. The number of nitrogens with zero attached hydrogens (tertiary/aromatic N) is 1. The largest absolute Gasteiger partial charge is 0.366 e. The monoisotopic (exact) mass is 355 g/mol. The third-order valence-corrected chi connectivity index (χ3v) is 4.45. The Labute approximate surface area is 152 Å². The van der Waals surface area contributed by atoms with Gasteiger partial charge in [0.05, 0.1) is 6.54 Å². The first kappa shape index (κ1) is 17.9. The van der Waals surface area contributed by atoms with Gasteiger partial charge in [0.2, 0.25) is 5.91 Å². The van der Waals surface area contributed by atoms with Crippen molar-refractivity contribution in [3.8, 4) is 0 Å². The predicted octanol–water partition coefficient (Wildman–Crippen LogP) is 2.84. The number of nitrogens with one attached hydrogen (secondary N) is 1. The van der Waals surface area contributed by atoms with Gasteiger partial charge in [-0.05, 0) is 43.0 Å². The standard InChI is InChI=1S/C20H22FN3O2/c21-18-7-2-1-5-16(18)13-24(17-8-9-17)20(26)23-11-10-14-4-3-6-15(12-14)19(22)25/h1-7,12,17H,8-11,13H2,(H2,22,25)(H,23,26). The molecule has 0 spiro atoms. The number of amides is 3. The van der Waals surface area contributed by atoms with E-state index < -0.39 is 5.91 Å². The van der Waals surface area contributed by atoms with E-state index in [9.17, 15) is 14.0 Å². The highest BCUT2D eigenvalue weighted by Crippen LogP contribution is 2.28. The lowest BCUT2D eigenvalue weighted by Gasteiger charge is -2.23. The van der Waals surface area contributed by atoms with E-state index >= 15 is 0 Å². The van der Waals surface area contributed by atoms with E-state index in [0.29, 0.717) is 24.1 Å². The molecule has 1 aliphatic rings. The second-order valence-electron chi connectivity index (χ2n) is 6.50. The zero-order valence-corrected chi connectivity index (χ0v) is 14.5. The molecule has 3 rings (SSSR count). The fourth-order valence-corrected chi connectivity index (χ4v) is 2.86. The number of hydrogen-bond donors (Lipinski definition) is 2. The Balaban J connectivity index is 1.56. The Bertz CT molecular complexity index is 805. The Morgan fingerprint density at radius 2 is 1.92 bits per heavy atom. The van der Waals surface area contributed by atoms with E-state index in [1.165, 1.54) is 6.07 Å². The second kappa shape index (κ2) is 7.99. The fraction of sp³-hybridized carbons (Fsp3) is 0.300. The topological polar surface area (TPSA) is 75.4 Å². The van der Waals surface area contributed by atoms with Crippen LogP contribution in [-0.2, 0) is 13.0 Å². The Morgan fingerprint density at radius 1 is 1.15 bits per heavy atom. The number of urea groups is 1. The first-order valence-corrected chi connectivity index (χ1v) is 8.71. The van der Waals surface area contributed by atoms with Crippen LogP contribution in [0, 0.1) is 5.82 Å². The van der Waals surface area contributed by atoms with E-state index in [-0.39, 0.29) is 24.4 Å². The Kier molecular flexibility index (Phi) is 5.51. The van der Waals surface area contributed by atoms with Crippen LogP contribution in [0.2, 0.25) is 0 Å². The Hall–Kier alpha value is -2.89. The van der Waals surface area contributed by atoms with Gasteiger partial charge in [0.25, 0.3) is 0 Å². The third-order valence-electron chi connectivity index (χ3n) is 4.45. The summed E-state index contributed by atoms with van der Waals surface area (Å²) < 4.78 is 13.9. The van der Waals surface area contributed by atoms with Crippen molar-refractivity contribution in [2.45, 2.75) is 31.8 Å². The SMILES string of the molecule is NC(=O)c1cccc(CCNC(=O)N(Cc2ccccc2F)C2CC2)c1. The summed E-state index contributed by atoms with van der Waals surface area (Å²) in [6, 6.07) is 13.5. The molecule has 0 radical (unpaired) electrons. The first-order chi connectivity index (χ1) is 12.5. The van der Waals surface area contributed by atoms with Crippen LogP contribution in [0.4, 0.5) is 9.18 Å². The van der Waals surface area contributed by atoms with Crippen molar-refractivity contribution in [3.63, 3.8) is 0 Å². The lowest BCUT2D eigenvalue weighted by atomic mass is 10.1. The zero-order chi connectivity index (χ0) is 18.5. The predicted molar refractivity (Wildman–Crippen MR) is 97.0 cm³/mol. The summed E-state index contributed by atoms with van der Waals surface area (Å²) >= 11 is 0. The van der Waals surface area contributed by atoms with Crippen LogP contribution in [0.5, 0.6) is 0 Å². The molecule has 2 aromatic carbocycles. The van der Waals surface area contributed by atoms with Crippen molar-refractivity contribution in [2.75, 3.05) is 6.54 Å². The third kappa shape index (κ3) is 4.59. The van der Waals surface area contributed by atoms with Crippen LogP contribution in [0.15, 0.2) is 48.5 Å². The average molecular weight is 355 g/mol. The number of hydrogen-bond acceptors (Lipinski definition) is 2. The van der Waals surface area contributed by atoms with Gasteiger partial charge in [0.1, 0.15) is 5.82 Å². The van der Waals surface area contributed by atoms with Gasteiger partial charge in [-0.1, -0.05) is 30.3 Å². The molecule has 0 heterocycles. The van der Waals surface area contributed by atoms with Crippen LogP contribution >= 0.6 is 0 Å². The van der Waals surface area contributed by atoms with E-state index in [2.05, 4.69) is 5.32 Å². The number of primary amides is 1. The maximum Gasteiger partial charge on any atom is 0.317 e. The second-order valence-corrected chi connectivity index (χ2v) is 6.50. The average Bonchev–Trinajstić information content (AvgIpc) is 3.46. The summed E-state index contributed by atoms with van der Waals surface area (Å²) in [5, 5.41) is 2.89. The van der Waals surface area contributed by atoms with Crippen molar-refractivity contribution < 1.29 is 14.0 Å². The summed E-state index contributed by atoms with van der Waals surface area (Å²) in [4.78, 5) is 25.4. The molecule has 26 heavy (non-hydrogen) atoms. The van der Waals surface area contributed by atoms with Crippen LogP contribution < -0.4 is 11.1 Å². The molecule has 0 aromatic heterocycles. The van der Waals surface area contributed by atoms with E-state index in [4.69, 9.17) is 5.73 Å². The minimum absolute atomic E-state index is 0.174. The number of halogens is 1. The number of nitrogens with two attached hydrogens (primary N) is 1. The van der Waals surface area contributed by atoms with Crippen molar-refractivity contribution in [2.24, 2.45) is 5.73 Å². The minimum Gasteiger partial charge on any atom is -0.366 e. The molecule has 3 amide bonds. The van der Waals surface area contributed by atoms with E-state index in [1.54, 1.807) is 41.3 Å². The molecule has 0 aliphatic heterocycles. The quantitative estimate of drug-likeness (QED) is 0.801. The molecule has 1 saturated carbocycles. The van der Waals surface area contributed by atoms with Gasteiger partial charge in [-0.15, -0.1) is 0 Å². The molecular weight excluding hydrogens is 333 g/mol. The normalized spacial score (nSPS) is 13.3. The number of carbonyl (C=O) groups excluding carboxylic acids is 2. The maximum absolute atomic E-state index is 13.9. The smallest absolute Gasteiger partial charge is 0.317 e. The highest BCUT2D eigenvalue weighted by molar-refractivity contribution is 5.92. The van der Waals surface area contributed by atoms with Gasteiger partial charge in [0, 0.05) is 23.7 Å². The number of benzene rings is 2. The molecule has 0 unspecified atom stereocenters. The summed E-state index contributed by atoms with van der Waals surface area (Å²) in [5.41, 5.74) is 7.17. The van der Waals surface area contributed by atoms with Crippen molar-refractivity contribution in [3.05, 3.63) is 71.0 Å². The molecule has 3 N–H and O–H groups in total. The molecule has 1 aliphatic carbocycles. The summed E-state index contributed by atoms with van der Waals surface area (Å²) in [7, 11) is 0. The molecule has 5 nitrogen and oxygen atoms in total. The molecule has 6 heteroatoms. The zero-order valence-electron chi connectivity index (χ0n) is 14.5. The molecule has 1 fully saturated rings. The lowest BCUT2D eigenvalue weighted by molar-refractivity contribution is 0.1000. The Morgan fingerprint density at radius 3 is 2.62 bits per heavy atom. The summed E-state index contributed by atoms with van der Waals surface area (Å²) in [5.74, 6) is -0.769. The van der Waals surface area contributed by atoms with Crippen LogP contribution in [-0.4, -0.2) is 29.4 Å². The van der Waals surface area contributed by atoms with Gasteiger partial charge in [-0.3, -0.25) is 4.79 Å². The highest BCUT2D eigenvalue weighted by Gasteiger charge is 2.32. The maximum atomic E-state index is 13.9. The van der Waals surface area contributed by atoms with Gasteiger partial charge >= 0.3 is 6.03 Å². The molecule has 0 saturated heterocycles.